The summed E-state index contributed by atoms with van der Waals surface area (Å²) < 4.78 is 24.0. The molecule has 84 valence electrons. The van der Waals surface area contributed by atoms with Crippen molar-refractivity contribution < 1.29 is 8.42 Å². The maximum absolute atomic E-state index is 10.8. The molecule has 0 saturated carbocycles. The highest BCUT2D eigenvalue weighted by molar-refractivity contribution is 7.88. The van der Waals surface area contributed by atoms with Crippen molar-refractivity contribution in [3.63, 3.8) is 0 Å². The lowest BCUT2D eigenvalue weighted by molar-refractivity contribution is 0.583. The summed E-state index contributed by atoms with van der Waals surface area (Å²) in [7, 11) is -3.02. The van der Waals surface area contributed by atoms with Gasteiger partial charge in [0.15, 0.2) is 0 Å². The van der Waals surface area contributed by atoms with Crippen molar-refractivity contribution in [2.24, 2.45) is 0 Å². The molecule has 0 unspecified atom stereocenters. The van der Waals surface area contributed by atoms with Crippen molar-refractivity contribution in [3.8, 4) is 0 Å². The van der Waals surface area contributed by atoms with E-state index in [0.29, 0.717) is 6.54 Å². The Kier molecular flexibility index (Phi) is 4.78. The van der Waals surface area contributed by atoms with E-state index in [1.165, 1.54) is 11.8 Å². The summed E-state index contributed by atoms with van der Waals surface area (Å²) in [5.41, 5.74) is 1.30. The molecule has 1 rings (SSSR count). The quantitative estimate of drug-likeness (QED) is 0.750. The fraction of sp³-hybridized carbons (Fsp3) is 0.455. The van der Waals surface area contributed by atoms with Crippen LogP contribution in [0.1, 0.15) is 18.4 Å². The molecule has 1 N–H and O–H groups in total. The molecule has 0 aliphatic heterocycles. The maximum atomic E-state index is 10.8. The Hall–Kier alpha value is -0.870. The topological polar surface area (TPSA) is 46.2 Å². The van der Waals surface area contributed by atoms with Gasteiger partial charge in [-0.2, -0.15) is 0 Å². The van der Waals surface area contributed by atoms with Gasteiger partial charge in [0.1, 0.15) is 0 Å². The summed E-state index contributed by atoms with van der Waals surface area (Å²) in [6.07, 6.45) is 4.07. The van der Waals surface area contributed by atoms with Crippen molar-refractivity contribution in [2.75, 3.05) is 12.8 Å². The first kappa shape index (κ1) is 12.2. The zero-order chi connectivity index (χ0) is 11.1. The third kappa shape index (κ3) is 6.25. The number of rotatable bonds is 6. The summed E-state index contributed by atoms with van der Waals surface area (Å²) in [6.45, 7) is 0.533. The number of aryl methyl sites for hydroxylation is 1. The predicted octanol–water partition coefficient (Wildman–Crippen LogP) is 1.56. The SMILES string of the molecule is CS(=O)(=O)NCCCCc1ccccc1. The van der Waals surface area contributed by atoms with E-state index in [2.05, 4.69) is 16.9 Å². The number of sulfonamides is 1. The predicted molar refractivity (Wildman–Crippen MR) is 62.2 cm³/mol. The second-order valence-electron chi connectivity index (χ2n) is 3.61. The first-order valence-electron chi connectivity index (χ1n) is 5.06. The first-order valence-corrected chi connectivity index (χ1v) is 6.95. The highest BCUT2D eigenvalue weighted by Crippen LogP contribution is 2.03. The fourth-order valence-electron chi connectivity index (χ4n) is 1.36. The number of nitrogens with one attached hydrogen (secondary N) is 1. The van der Waals surface area contributed by atoms with Gasteiger partial charge in [0, 0.05) is 6.54 Å². The van der Waals surface area contributed by atoms with Gasteiger partial charge in [-0.05, 0) is 24.8 Å². The average molecular weight is 227 g/mol. The van der Waals surface area contributed by atoms with E-state index in [1.807, 2.05) is 18.2 Å². The molecule has 0 saturated heterocycles. The first-order chi connectivity index (χ1) is 7.08. The smallest absolute Gasteiger partial charge is 0.208 e. The molecule has 1 aromatic rings. The number of hydrogen-bond acceptors (Lipinski definition) is 2. The summed E-state index contributed by atoms with van der Waals surface area (Å²) in [6, 6.07) is 10.2. The van der Waals surface area contributed by atoms with Crippen LogP contribution in [0.5, 0.6) is 0 Å². The minimum absolute atomic E-state index is 0.533. The van der Waals surface area contributed by atoms with Crippen molar-refractivity contribution in [2.45, 2.75) is 19.3 Å². The van der Waals surface area contributed by atoms with Crippen molar-refractivity contribution in [1.82, 2.24) is 4.72 Å². The van der Waals surface area contributed by atoms with Crippen LogP contribution >= 0.6 is 0 Å². The summed E-state index contributed by atoms with van der Waals surface area (Å²) in [5.74, 6) is 0. The van der Waals surface area contributed by atoms with Crippen molar-refractivity contribution in [3.05, 3.63) is 35.9 Å². The van der Waals surface area contributed by atoms with Crippen LogP contribution in [-0.2, 0) is 16.4 Å². The largest absolute Gasteiger partial charge is 0.215 e. The monoisotopic (exact) mass is 227 g/mol. The van der Waals surface area contributed by atoms with Crippen LogP contribution in [0.4, 0.5) is 0 Å². The van der Waals surface area contributed by atoms with E-state index in [9.17, 15) is 8.42 Å². The van der Waals surface area contributed by atoms with Crippen LogP contribution in [0.3, 0.4) is 0 Å². The van der Waals surface area contributed by atoms with Crippen LogP contribution in [0.25, 0.3) is 0 Å². The fourth-order valence-corrected chi connectivity index (χ4v) is 1.87. The lowest BCUT2D eigenvalue weighted by Crippen LogP contribution is -2.22. The molecule has 0 spiro atoms. The highest BCUT2D eigenvalue weighted by Gasteiger charge is 1.98. The molecule has 15 heavy (non-hydrogen) atoms. The van der Waals surface area contributed by atoms with E-state index >= 15 is 0 Å². The Labute approximate surface area is 91.6 Å². The molecule has 3 nitrogen and oxygen atoms in total. The Morgan fingerprint density at radius 2 is 1.80 bits per heavy atom. The van der Waals surface area contributed by atoms with Gasteiger partial charge in [-0.25, -0.2) is 13.1 Å². The standard InChI is InChI=1S/C11H17NO2S/c1-15(13,14)12-10-6-5-9-11-7-3-2-4-8-11/h2-4,7-8,12H,5-6,9-10H2,1H3. The van der Waals surface area contributed by atoms with Crippen LogP contribution in [0.2, 0.25) is 0 Å². The molecular weight excluding hydrogens is 210 g/mol. The second kappa shape index (κ2) is 5.88. The minimum Gasteiger partial charge on any atom is -0.215 e. The normalized spacial score (nSPS) is 11.5. The van der Waals surface area contributed by atoms with E-state index < -0.39 is 10.0 Å². The zero-order valence-corrected chi connectivity index (χ0v) is 9.76. The molecule has 0 aromatic heterocycles. The average Bonchev–Trinajstić information content (AvgIpc) is 2.17. The summed E-state index contributed by atoms with van der Waals surface area (Å²) in [5, 5.41) is 0. The summed E-state index contributed by atoms with van der Waals surface area (Å²) in [4.78, 5) is 0. The van der Waals surface area contributed by atoms with E-state index in [0.717, 1.165) is 19.3 Å². The van der Waals surface area contributed by atoms with Gasteiger partial charge in [0.25, 0.3) is 0 Å². The number of benzene rings is 1. The van der Waals surface area contributed by atoms with Gasteiger partial charge >= 0.3 is 0 Å². The van der Waals surface area contributed by atoms with Gasteiger partial charge in [-0.3, -0.25) is 0 Å². The van der Waals surface area contributed by atoms with Gasteiger partial charge in [0.2, 0.25) is 10.0 Å². The number of unbranched alkanes of at least 4 members (excludes halogenated alkanes) is 1. The Morgan fingerprint density at radius 1 is 1.13 bits per heavy atom. The molecule has 0 aliphatic rings. The zero-order valence-electron chi connectivity index (χ0n) is 8.94. The summed E-state index contributed by atoms with van der Waals surface area (Å²) >= 11 is 0. The van der Waals surface area contributed by atoms with E-state index in [1.54, 1.807) is 0 Å². The Morgan fingerprint density at radius 3 is 2.40 bits per heavy atom. The van der Waals surface area contributed by atoms with E-state index in [-0.39, 0.29) is 0 Å². The molecule has 0 heterocycles. The number of hydrogen-bond donors (Lipinski definition) is 1. The molecule has 4 heteroatoms. The maximum Gasteiger partial charge on any atom is 0.208 e. The second-order valence-corrected chi connectivity index (χ2v) is 5.44. The Bertz CT molecular complexity index is 373. The van der Waals surface area contributed by atoms with E-state index in [4.69, 9.17) is 0 Å². The van der Waals surface area contributed by atoms with Crippen LogP contribution in [-0.4, -0.2) is 21.2 Å². The molecule has 0 amide bonds. The molecule has 0 aliphatic carbocycles. The third-order valence-electron chi connectivity index (χ3n) is 2.10. The molecular formula is C11H17NO2S. The third-order valence-corrected chi connectivity index (χ3v) is 2.83. The lowest BCUT2D eigenvalue weighted by atomic mass is 10.1. The van der Waals surface area contributed by atoms with Crippen LogP contribution in [0, 0.1) is 0 Å². The van der Waals surface area contributed by atoms with Gasteiger partial charge in [-0.1, -0.05) is 30.3 Å². The molecule has 0 fully saturated rings. The van der Waals surface area contributed by atoms with Gasteiger partial charge in [-0.15, -0.1) is 0 Å². The van der Waals surface area contributed by atoms with Crippen molar-refractivity contribution >= 4 is 10.0 Å². The lowest BCUT2D eigenvalue weighted by Gasteiger charge is -2.02. The molecule has 0 atom stereocenters. The van der Waals surface area contributed by atoms with Gasteiger partial charge < -0.3 is 0 Å². The highest BCUT2D eigenvalue weighted by atomic mass is 32.2. The van der Waals surface area contributed by atoms with Crippen LogP contribution < -0.4 is 4.72 Å². The van der Waals surface area contributed by atoms with Crippen LogP contribution in [0.15, 0.2) is 30.3 Å². The molecule has 0 radical (unpaired) electrons. The molecule has 1 aromatic carbocycles. The minimum atomic E-state index is -3.02. The van der Waals surface area contributed by atoms with Gasteiger partial charge in [0.05, 0.1) is 6.26 Å². The molecule has 0 bridgehead atoms. The van der Waals surface area contributed by atoms with Crippen molar-refractivity contribution in [1.29, 1.82) is 0 Å². The Balaban J connectivity index is 2.13.